The summed E-state index contributed by atoms with van der Waals surface area (Å²) in [6.45, 7) is 3.12. The van der Waals surface area contributed by atoms with E-state index in [1.165, 1.54) is 0 Å². The van der Waals surface area contributed by atoms with Crippen molar-refractivity contribution in [3.63, 3.8) is 0 Å². The number of carboxylic acid groups (broad SMARTS) is 1. The summed E-state index contributed by atoms with van der Waals surface area (Å²) < 4.78 is 4.98. The second-order valence-corrected chi connectivity index (χ2v) is 4.78. The van der Waals surface area contributed by atoms with Crippen LogP contribution in [0, 0.1) is 6.92 Å². The topological polar surface area (TPSA) is 74.3 Å². The molecule has 1 atom stereocenters. The van der Waals surface area contributed by atoms with Gasteiger partial charge in [-0.05, 0) is 26.0 Å². The Morgan fingerprint density at radius 1 is 1.45 bits per heavy atom. The van der Waals surface area contributed by atoms with Gasteiger partial charge < -0.3 is 20.1 Å². The molecule has 1 aromatic carbocycles. The molecule has 3 N–H and O–H groups in total. The lowest BCUT2D eigenvalue weighted by atomic mass is 10.0. The lowest BCUT2D eigenvalue weighted by Crippen LogP contribution is -2.30. The molecule has 0 spiro atoms. The number of carbonyl (C=O) groups is 1. The maximum Gasteiger partial charge on any atom is 0.325 e. The Labute approximate surface area is 117 Å². The zero-order chi connectivity index (χ0) is 14.5. The van der Waals surface area contributed by atoms with Gasteiger partial charge in [-0.2, -0.15) is 0 Å². The lowest BCUT2D eigenvalue weighted by molar-refractivity contribution is -0.139. The van der Waals surface area contributed by atoms with E-state index in [1.807, 2.05) is 31.2 Å². The van der Waals surface area contributed by atoms with Crippen LogP contribution in [-0.4, -0.2) is 36.3 Å². The molecule has 0 aliphatic rings. The van der Waals surface area contributed by atoms with E-state index in [0.29, 0.717) is 13.2 Å². The predicted molar refractivity (Wildman–Crippen MR) is 77.9 cm³/mol. The maximum atomic E-state index is 11.5. The van der Waals surface area contributed by atoms with Crippen LogP contribution in [0.1, 0.15) is 23.7 Å². The Morgan fingerprint density at radius 2 is 2.20 bits per heavy atom. The van der Waals surface area contributed by atoms with Gasteiger partial charge in [0.05, 0.1) is 0 Å². The number of aryl methyl sites for hydroxylation is 1. The zero-order valence-corrected chi connectivity index (χ0v) is 11.8. The zero-order valence-electron chi connectivity index (χ0n) is 11.8. The number of para-hydroxylation sites is 1. The molecule has 1 aromatic heterocycles. The van der Waals surface area contributed by atoms with E-state index in [9.17, 15) is 9.90 Å². The summed E-state index contributed by atoms with van der Waals surface area (Å²) >= 11 is 0. The first-order valence-corrected chi connectivity index (χ1v) is 6.67. The number of benzene rings is 1. The molecule has 0 bridgehead atoms. The third-order valence-corrected chi connectivity index (χ3v) is 3.35. The van der Waals surface area contributed by atoms with Crippen LogP contribution in [0.4, 0.5) is 0 Å². The van der Waals surface area contributed by atoms with Crippen LogP contribution >= 0.6 is 0 Å². The van der Waals surface area contributed by atoms with Gasteiger partial charge in [0.2, 0.25) is 0 Å². The van der Waals surface area contributed by atoms with Crippen molar-refractivity contribution in [2.24, 2.45) is 0 Å². The molecule has 1 unspecified atom stereocenters. The van der Waals surface area contributed by atoms with Gasteiger partial charge in [0.15, 0.2) is 0 Å². The molecule has 0 aliphatic carbocycles. The summed E-state index contributed by atoms with van der Waals surface area (Å²) in [6.07, 6.45) is 0.779. The lowest BCUT2D eigenvalue weighted by Gasteiger charge is -2.15. The first-order chi connectivity index (χ1) is 9.65. The first-order valence-electron chi connectivity index (χ1n) is 6.67. The number of ether oxygens (including phenoxy) is 1. The quantitative estimate of drug-likeness (QED) is 0.678. The second-order valence-electron chi connectivity index (χ2n) is 4.78. The number of aromatic amines is 1. The van der Waals surface area contributed by atoms with Crippen LogP contribution < -0.4 is 5.32 Å². The Hall–Kier alpha value is -1.85. The van der Waals surface area contributed by atoms with Crippen molar-refractivity contribution in [1.82, 2.24) is 10.3 Å². The van der Waals surface area contributed by atoms with Crippen molar-refractivity contribution >= 4 is 16.9 Å². The molecule has 1 heterocycles. The Balaban J connectivity index is 2.27. The standard InChI is InChI=1S/C15H20N2O3/c1-10-13(11-6-3-4-7-12(11)17-10)14(15(18)19)16-8-5-9-20-2/h3-4,6-7,14,16-17H,5,8-9H2,1-2H3,(H,18,19). The van der Waals surface area contributed by atoms with E-state index in [2.05, 4.69) is 10.3 Å². The highest BCUT2D eigenvalue weighted by molar-refractivity contribution is 5.90. The molecule has 0 saturated carbocycles. The predicted octanol–water partition coefficient (Wildman–Crippen LogP) is 2.23. The number of carboxylic acids is 1. The third-order valence-electron chi connectivity index (χ3n) is 3.35. The van der Waals surface area contributed by atoms with Gasteiger partial charge in [-0.15, -0.1) is 0 Å². The van der Waals surface area contributed by atoms with E-state index >= 15 is 0 Å². The number of hydrogen-bond acceptors (Lipinski definition) is 3. The summed E-state index contributed by atoms with van der Waals surface area (Å²) in [4.78, 5) is 14.8. The SMILES string of the molecule is COCCCNC(C(=O)O)c1c(C)[nH]c2ccccc12. The average Bonchev–Trinajstić information content (AvgIpc) is 2.75. The minimum absolute atomic E-state index is 0.601. The molecule has 0 amide bonds. The van der Waals surface area contributed by atoms with Crippen LogP contribution in [-0.2, 0) is 9.53 Å². The van der Waals surface area contributed by atoms with E-state index in [4.69, 9.17) is 4.74 Å². The number of H-pyrrole nitrogens is 1. The number of rotatable bonds is 7. The van der Waals surface area contributed by atoms with Crippen molar-refractivity contribution in [3.8, 4) is 0 Å². The van der Waals surface area contributed by atoms with E-state index < -0.39 is 12.0 Å². The van der Waals surface area contributed by atoms with Gasteiger partial charge in [-0.3, -0.25) is 4.79 Å². The van der Waals surface area contributed by atoms with Crippen LogP contribution in [0.3, 0.4) is 0 Å². The van der Waals surface area contributed by atoms with Crippen molar-refractivity contribution < 1.29 is 14.6 Å². The Bertz CT molecular complexity index is 592. The van der Waals surface area contributed by atoms with Crippen molar-refractivity contribution in [2.45, 2.75) is 19.4 Å². The van der Waals surface area contributed by atoms with Gasteiger partial charge in [0, 0.05) is 35.9 Å². The Morgan fingerprint density at radius 3 is 2.90 bits per heavy atom. The Kier molecular flexibility index (Phi) is 4.76. The highest BCUT2D eigenvalue weighted by atomic mass is 16.5. The monoisotopic (exact) mass is 276 g/mol. The van der Waals surface area contributed by atoms with Gasteiger partial charge in [0.25, 0.3) is 0 Å². The number of methoxy groups -OCH3 is 1. The van der Waals surface area contributed by atoms with Crippen LogP contribution in [0.25, 0.3) is 10.9 Å². The van der Waals surface area contributed by atoms with Gasteiger partial charge in [0.1, 0.15) is 6.04 Å². The highest BCUT2D eigenvalue weighted by Gasteiger charge is 2.24. The molecule has 5 heteroatoms. The van der Waals surface area contributed by atoms with Gasteiger partial charge >= 0.3 is 5.97 Å². The smallest absolute Gasteiger partial charge is 0.325 e. The summed E-state index contributed by atoms with van der Waals surface area (Å²) in [5.41, 5.74) is 2.66. The molecule has 108 valence electrons. The molecule has 5 nitrogen and oxygen atoms in total. The molecular formula is C15H20N2O3. The summed E-state index contributed by atoms with van der Waals surface area (Å²) in [6, 6.07) is 7.05. The number of aliphatic carboxylic acids is 1. The normalized spacial score (nSPS) is 12.7. The molecule has 0 fully saturated rings. The molecular weight excluding hydrogens is 256 g/mol. The fourth-order valence-corrected chi connectivity index (χ4v) is 2.45. The summed E-state index contributed by atoms with van der Waals surface area (Å²) in [5.74, 6) is -0.865. The number of nitrogens with one attached hydrogen (secondary N) is 2. The second kappa shape index (κ2) is 6.54. The first kappa shape index (κ1) is 14.6. The minimum atomic E-state index is -0.865. The van der Waals surface area contributed by atoms with E-state index in [-0.39, 0.29) is 0 Å². The molecule has 2 aromatic rings. The average molecular weight is 276 g/mol. The van der Waals surface area contributed by atoms with Crippen molar-refractivity contribution in [2.75, 3.05) is 20.3 Å². The van der Waals surface area contributed by atoms with Gasteiger partial charge in [-0.1, -0.05) is 18.2 Å². The third kappa shape index (κ3) is 3.00. The fraction of sp³-hybridized carbons (Fsp3) is 0.400. The summed E-state index contributed by atoms with van der Waals surface area (Å²) in [5, 5.41) is 13.5. The van der Waals surface area contributed by atoms with E-state index in [0.717, 1.165) is 28.6 Å². The molecule has 0 aliphatic heterocycles. The number of aromatic nitrogens is 1. The van der Waals surface area contributed by atoms with Crippen molar-refractivity contribution in [3.05, 3.63) is 35.5 Å². The minimum Gasteiger partial charge on any atom is -0.480 e. The largest absolute Gasteiger partial charge is 0.480 e. The van der Waals surface area contributed by atoms with Gasteiger partial charge in [-0.25, -0.2) is 0 Å². The van der Waals surface area contributed by atoms with E-state index in [1.54, 1.807) is 7.11 Å². The molecule has 0 radical (unpaired) electrons. The fourth-order valence-electron chi connectivity index (χ4n) is 2.45. The summed E-state index contributed by atoms with van der Waals surface area (Å²) in [7, 11) is 1.64. The van der Waals surface area contributed by atoms with Crippen LogP contribution in [0.5, 0.6) is 0 Å². The number of fused-ring (bicyclic) bond motifs is 1. The molecule has 0 saturated heterocycles. The van der Waals surface area contributed by atoms with Crippen LogP contribution in [0.2, 0.25) is 0 Å². The van der Waals surface area contributed by atoms with Crippen LogP contribution in [0.15, 0.2) is 24.3 Å². The van der Waals surface area contributed by atoms with Crippen molar-refractivity contribution in [1.29, 1.82) is 0 Å². The highest BCUT2D eigenvalue weighted by Crippen LogP contribution is 2.27. The molecule has 2 rings (SSSR count). The number of hydrogen-bond donors (Lipinski definition) is 3. The molecule has 20 heavy (non-hydrogen) atoms. The maximum absolute atomic E-state index is 11.5.